The van der Waals surface area contributed by atoms with E-state index in [2.05, 4.69) is 15.5 Å². The van der Waals surface area contributed by atoms with Crippen molar-refractivity contribution in [1.82, 2.24) is 15.5 Å². The van der Waals surface area contributed by atoms with Crippen LogP contribution in [0.3, 0.4) is 0 Å². The summed E-state index contributed by atoms with van der Waals surface area (Å²) in [6.45, 7) is 1.95. The Balaban J connectivity index is 1.62. The minimum atomic E-state index is -0.678. The molecule has 1 atom stereocenters. The van der Waals surface area contributed by atoms with Gasteiger partial charge in [-0.25, -0.2) is 0 Å². The number of para-hydroxylation sites is 2. The Morgan fingerprint density at radius 3 is 2.61 bits per heavy atom. The number of ether oxygens (including phenoxy) is 2. The van der Waals surface area contributed by atoms with Gasteiger partial charge in [0.15, 0.2) is 17.6 Å². The Kier molecular flexibility index (Phi) is 6.49. The maximum atomic E-state index is 12.5. The molecule has 1 heterocycles. The van der Waals surface area contributed by atoms with Crippen molar-refractivity contribution in [3.05, 3.63) is 59.4 Å². The third-order valence-corrected chi connectivity index (χ3v) is 4.33. The van der Waals surface area contributed by atoms with Crippen molar-refractivity contribution in [2.75, 3.05) is 7.11 Å². The van der Waals surface area contributed by atoms with Gasteiger partial charge in [-0.1, -0.05) is 47.9 Å². The van der Waals surface area contributed by atoms with Crippen molar-refractivity contribution < 1.29 is 18.8 Å². The van der Waals surface area contributed by atoms with Crippen LogP contribution in [0.25, 0.3) is 11.4 Å². The molecule has 0 unspecified atom stereocenters. The first kappa shape index (κ1) is 19.7. The minimum Gasteiger partial charge on any atom is -0.493 e. The number of halogens is 1. The van der Waals surface area contributed by atoms with Crippen molar-refractivity contribution >= 4 is 17.5 Å². The number of nitrogens with one attached hydrogen (secondary N) is 1. The van der Waals surface area contributed by atoms with Gasteiger partial charge in [-0.05, 0) is 30.7 Å². The molecule has 146 valence electrons. The molecule has 0 bridgehead atoms. The molecule has 3 rings (SSSR count). The molecular formula is C20H20ClN3O4. The van der Waals surface area contributed by atoms with Crippen molar-refractivity contribution in [2.24, 2.45) is 0 Å². The number of rotatable bonds is 8. The number of hydrogen-bond donors (Lipinski definition) is 1. The Morgan fingerprint density at radius 1 is 1.18 bits per heavy atom. The molecule has 0 aliphatic rings. The first-order valence-corrected chi connectivity index (χ1v) is 9.15. The van der Waals surface area contributed by atoms with E-state index >= 15 is 0 Å². The van der Waals surface area contributed by atoms with E-state index in [1.54, 1.807) is 31.4 Å². The largest absolute Gasteiger partial charge is 0.493 e. The highest BCUT2D eigenvalue weighted by molar-refractivity contribution is 6.33. The van der Waals surface area contributed by atoms with Gasteiger partial charge < -0.3 is 19.3 Å². The Bertz CT molecular complexity index is 944. The van der Waals surface area contributed by atoms with Crippen LogP contribution in [0.1, 0.15) is 19.2 Å². The second-order valence-electron chi connectivity index (χ2n) is 5.87. The Hall–Kier alpha value is -3.06. The van der Waals surface area contributed by atoms with Crippen LogP contribution < -0.4 is 14.8 Å². The molecule has 1 aromatic heterocycles. The second kappa shape index (κ2) is 9.23. The van der Waals surface area contributed by atoms with E-state index in [1.807, 2.05) is 31.2 Å². The summed E-state index contributed by atoms with van der Waals surface area (Å²) in [7, 11) is 1.55. The molecular weight excluding hydrogens is 382 g/mol. The standard InChI is InChI=1S/C20H20ClN3O4/c1-3-15(27-17-11-7-6-10-16(17)26-2)20(25)22-12-18-23-19(24-28-18)13-8-4-5-9-14(13)21/h4-11,15H,3,12H2,1-2H3,(H,22,25)/t15-/m1/s1. The second-order valence-corrected chi connectivity index (χ2v) is 6.28. The van der Waals surface area contributed by atoms with Crippen LogP contribution in [-0.2, 0) is 11.3 Å². The van der Waals surface area contributed by atoms with Crippen LogP contribution in [0, 0.1) is 0 Å². The summed E-state index contributed by atoms with van der Waals surface area (Å²) in [6.07, 6.45) is -0.194. The molecule has 0 saturated heterocycles. The van der Waals surface area contributed by atoms with Gasteiger partial charge in [-0.3, -0.25) is 4.79 Å². The van der Waals surface area contributed by atoms with Crippen molar-refractivity contribution in [3.8, 4) is 22.9 Å². The Labute approximate surface area is 167 Å². The van der Waals surface area contributed by atoms with E-state index in [-0.39, 0.29) is 18.3 Å². The summed E-state index contributed by atoms with van der Waals surface area (Å²) < 4.78 is 16.3. The van der Waals surface area contributed by atoms with Gasteiger partial charge in [0.05, 0.1) is 18.7 Å². The quantitative estimate of drug-likeness (QED) is 0.616. The minimum absolute atomic E-state index is 0.0854. The summed E-state index contributed by atoms with van der Waals surface area (Å²) in [5.41, 5.74) is 0.663. The first-order valence-electron chi connectivity index (χ1n) is 8.77. The molecule has 1 N–H and O–H groups in total. The normalized spacial score (nSPS) is 11.7. The van der Waals surface area contributed by atoms with E-state index in [0.29, 0.717) is 34.3 Å². The molecule has 0 fully saturated rings. The van der Waals surface area contributed by atoms with E-state index in [4.69, 9.17) is 25.6 Å². The highest BCUT2D eigenvalue weighted by Gasteiger charge is 2.21. The van der Waals surface area contributed by atoms with Gasteiger partial charge in [0.1, 0.15) is 0 Å². The summed E-state index contributed by atoms with van der Waals surface area (Å²) >= 11 is 6.14. The van der Waals surface area contributed by atoms with Crippen molar-refractivity contribution in [3.63, 3.8) is 0 Å². The smallest absolute Gasteiger partial charge is 0.261 e. The van der Waals surface area contributed by atoms with E-state index in [1.165, 1.54) is 0 Å². The number of carbonyl (C=O) groups is 1. The third-order valence-electron chi connectivity index (χ3n) is 4.00. The summed E-state index contributed by atoms with van der Waals surface area (Å²) in [4.78, 5) is 16.8. The molecule has 28 heavy (non-hydrogen) atoms. The molecule has 0 spiro atoms. The SMILES string of the molecule is CC[C@@H](Oc1ccccc1OC)C(=O)NCc1nc(-c2ccccc2Cl)no1. The zero-order chi connectivity index (χ0) is 19.9. The van der Waals surface area contributed by atoms with Gasteiger partial charge in [0.2, 0.25) is 11.7 Å². The molecule has 0 aliphatic carbocycles. The lowest BCUT2D eigenvalue weighted by Gasteiger charge is -2.18. The monoisotopic (exact) mass is 401 g/mol. The number of methoxy groups -OCH3 is 1. The molecule has 8 heteroatoms. The highest BCUT2D eigenvalue weighted by atomic mass is 35.5. The molecule has 0 saturated carbocycles. The van der Waals surface area contributed by atoms with Crippen LogP contribution >= 0.6 is 11.6 Å². The molecule has 2 aromatic carbocycles. The first-order chi connectivity index (χ1) is 13.6. The maximum absolute atomic E-state index is 12.5. The fourth-order valence-electron chi connectivity index (χ4n) is 2.55. The zero-order valence-electron chi connectivity index (χ0n) is 15.5. The van der Waals surface area contributed by atoms with Crippen LogP contribution in [0.15, 0.2) is 53.1 Å². The summed E-state index contributed by atoms with van der Waals surface area (Å²) in [5, 5.41) is 7.19. The van der Waals surface area contributed by atoms with Gasteiger partial charge >= 0.3 is 0 Å². The van der Waals surface area contributed by atoms with E-state index < -0.39 is 6.10 Å². The van der Waals surface area contributed by atoms with Crippen LogP contribution in [0.5, 0.6) is 11.5 Å². The fourth-order valence-corrected chi connectivity index (χ4v) is 2.77. The number of amides is 1. The number of nitrogens with zero attached hydrogens (tertiary/aromatic N) is 2. The average Bonchev–Trinajstić information content (AvgIpc) is 3.19. The van der Waals surface area contributed by atoms with Gasteiger partial charge in [-0.2, -0.15) is 4.98 Å². The van der Waals surface area contributed by atoms with Gasteiger partial charge in [0.25, 0.3) is 5.91 Å². The number of aromatic nitrogens is 2. The van der Waals surface area contributed by atoms with E-state index in [9.17, 15) is 4.79 Å². The predicted molar refractivity (Wildman–Crippen MR) is 104 cm³/mol. The lowest BCUT2D eigenvalue weighted by Crippen LogP contribution is -2.37. The van der Waals surface area contributed by atoms with Crippen LogP contribution in [-0.4, -0.2) is 29.3 Å². The summed E-state index contributed by atoms with van der Waals surface area (Å²) in [5.74, 6) is 1.43. The number of carbonyl (C=O) groups excluding carboxylic acids is 1. The highest BCUT2D eigenvalue weighted by Crippen LogP contribution is 2.27. The number of hydrogen-bond acceptors (Lipinski definition) is 6. The van der Waals surface area contributed by atoms with Gasteiger partial charge in [0, 0.05) is 5.56 Å². The fraction of sp³-hybridized carbons (Fsp3) is 0.250. The lowest BCUT2D eigenvalue weighted by molar-refractivity contribution is -0.128. The van der Waals surface area contributed by atoms with E-state index in [0.717, 1.165) is 0 Å². The molecule has 7 nitrogen and oxygen atoms in total. The molecule has 3 aromatic rings. The van der Waals surface area contributed by atoms with Crippen LogP contribution in [0.4, 0.5) is 0 Å². The predicted octanol–water partition coefficient (Wildman–Crippen LogP) is 3.87. The third kappa shape index (κ3) is 4.61. The summed E-state index contributed by atoms with van der Waals surface area (Å²) in [6, 6.07) is 14.4. The average molecular weight is 402 g/mol. The molecule has 0 radical (unpaired) electrons. The van der Waals surface area contributed by atoms with Crippen molar-refractivity contribution in [2.45, 2.75) is 26.0 Å². The Morgan fingerprint density at radius 2 is 1.89 bits per heavy atom. The van der Waals surface area contributed by atoms with Crippen LogP contribution in [0.2, 0.25) is 5.02 Å². The molecule has 0 aliphatic heterocycles. The van der Waals surface area contributed by atoms with Gasteiger partial charge in [-0.15, -0.1) is 0 Å². The number of benzene rings is 2. The topological polar surface area (TPSA) is 86.5 Å². The lowest BCUT2D eigenvalue weighted by atomic mass is 10.2. The maximum Gasteiger partial charge on any atom is 0.261 e. The zero-order valence-corrected chi connectivity index (χ0v) is 16.3. The molecule has 1 amide bonds. The van der Waals surface area contributed by atoms with Crippen molar-refractivity contribution in [1.29, 1.82) is 0 Å².